The molecule has 0 saturated carbocycles. The summed E-state index contributed by atoms with van der Waals surface area (Å²) in [7, 11) is -0.261. The van der Waals surface area contributed by atoms with E-state index in [1.54, 1.807) is 26.2 Å². The number of aromatic nitrogens is 1. The SMILES string of the molecule is CN(C)S(=O)(=O)c1cccc(CN2CCC(c3nc4ccccc4s3)CC2)c1. The molecular formula is C21H25N3O2S2. The lowest BCUT2D eigenvalue weighted by Crippen LogP contribution is -2.32. The number of benzene rings is 2. The summed E-state index contributed by atoms with van der Waals surface area (Å²) in [6.07, 6.45) is 2.19. The maximum atomic E-state index is 12.4. The van der Waals surface area contributed by atoms with E-state index in [4.69, 9.17) is 4.98 Å². The standard InChI is InChI=1S/C21H25N3O2S2/c1-23(2)28(25,26)18-7-5-6-16(14-18)15-24-12-10-17(11-13-24)21-22-19-8-3-4-9-20(19)27-21/h3-9,14,17H,10-13,15H2,1-2H3. The molecule has 0 amide bonds. The van der Waals surface area contributed by atoms with Crippen molar-refractivity contribution < 1.29 is 8.42 Å². The number of nitrogens with zero attached hydrogens (tertiary/aromatic N) is 3. The Labute approximate surface area is 170 Å². The van der Waals surface area contributed by atoms with Crippen molar-refractivity contribution in [3.8, 4) is 0 Å². The van der Waals surface area contributed by atoms with Gasteiger partial charge in [0, 0.05) is 26.6 Å². The van der Waals surface area contributed by atoms with Crippen LogP contribution in [0.25, 0.3) is 10.2 Å². The molecule has 1 aliphatic rings. The van der Waals surface area contributed by atoms with E-state index in [2.05, 4.69) is 23.1 Å². The Hall–Kier alpha value is -1.80. The number of hydrogen-bond donors (Lipinski definition) is 0. The van der Waals surface area contributed by atoms with Crippen molar-refractivity contribution in [2.75, 3.05) is 27.2 Å². The van der Waals surface area contributed by atoms with Gasteiger partial charge in [-0.1, -0.05) is 24.3 Å². The van der Waals surface area contributed by atoms with Crippen LogP contribution in [0.4, 0.5) is 0 Å². The minimum atomic E-state index is -3.39. The first-order valence-corrected chi connectivity index (χ1v) is 11.8. The van der Waals surface area contributed by atoms with Crippen molar-refractivity contribution in [3.63, 3.8) is 0 Å². The number of likely N-dealkylation sites (tertiary alicyclic amines) is 1. The summed E-state index contributed by atoms with van der Waals surface area (Å²) < 4.78 is 27.2. The zero-order valence-corrected chi connectivity index (χ0v) is 17.8. The maximum Gasteiger partial charge on any atom is 0.242 e. The normalized spacial score (nSPS) is 16.8. The van der Waals surface area contributed by atoms with Crippen LogP contribution < -0.4 is 0 Å². The Kier molecular flexibility index (Phi) is 5.51. The molecular weight excluding hydrogens is 390 g/mol. The van der Waals surface area contributed by atoms with E-state index >= 15 is 0 Å². The van der Waals surface area contributed by atoms with Crippen molar-refractivity contribution in [3.05, 3.63) is 59.1 Å². The van der Waals surface area contributed by atoms with Crippen molar-refractivity contribution in [1.82, 2.24) is 14.2 Å². The van der Waals surface area contributed by atoms with Crippen LogP contribution in [-0.2, 0) is 16.6 Å². The van der Waals surface area contributed by atoms with Crippen LogP contribution >= 0.6 is 11.3 Å². The summed E-state index contributed by atoms with van der Waals surface area (Å²) in [6.45, 7) is 2.79. The minimum Gasteiger partial charge on any atom is -0.299 e. The van der Waals surface area contributed by atoms with Crippen LogP contribution in [0.5, 0.6) is 0 Å². The highest BCUT2D eigenvalue weighted by molar-refractivity contribution is 7.89. The molecule has 2 aromatic carbocycles. The summed E-state index contributed by atoms with van der Waals surface area (Å²) in [4.78, 5) is 7.60. The molecule has 7 heteroatoms. The predicted octanol–water partition coefficient (Wildman–Crippen LogP) is 3.93. The molecule has 4 rings (SSSR count). The van der Waals surface area contributed by atoms with Gasteiger partial charge in [-0.15, -0.1) is 11.3 Å². The van der Waals surface area contributed by atoms with Crippen molar-refractivity contribution in [1.29, 1.82) is 0 Å². The van der Waals surface area contributed by atoms with E-state index in [-0.39, 0.29) is 0 Å². The highest BCUT2D eigenvalue weighted by Crippen LogP contribution is 2.34. The van der Waals surface area contributed by atoms with Crippen LogP contribution in [0.15, 0.2) is 53.4 Å². The van der Waals surface area contributed by atoms with Gasteiger partial charge in [-0.25, -0.2) is 17.7 Å². The molecule has 1 aliphatic heterocycles. The van der Waals surface area contributed by atoms with Gasteiger partial charge in [0.2, 0.25) is 10.0 Å². The monoisotopic (exact) mass is 415 g/mol. The van der Waals surface area contributed by atoms with E-state index < -0.39 is 10.0 Å². The van der Waals surface area contributed by atoms with Gasteiger partial charge in [-0.2, -0.15) is 0 Å². The minimum absolute atomic E-state index is 0.361. The summed E-state index contributed by atoms with van der Waals surface area (Å²) in [5.41, 5.74) is 2.14. The number of piperidine rings is 1. The lowest BCUT2D eigenvalue weighted by atomic mass is 9.97. The van der Waals surface area contributed by atoms with Gasteiger partial charge in [0.1, 0.15) is 0 Å². The second kappa shape index (κ2) is 7.91. The lowest BCUT2D eigenvalue weighted by Gasteiger charge is -2.31. The number of para-hydroxylation sites is 1. The number of sulfonamides is 1. The van der Waals surface area contributed by atoms with E-state index in [1.165, 1.54) is 14.0 Å². The highest BCUT2D eigenvalue weighted by Gasteiger charge is 2.24. The van der Waals surface area contributed by atoms with Crippen molar-refractivity contribution >= 4 is 31.6 Å². The average molecular weight is 416 g/mol. The number of fused-ring (bicyclic) bond motifs is 1. The molecule has 0 atom stereocenters. The van der Waals surface area contributed by atoms with Crippen LogP contribution in [0, 0.1) is 0 Å². The van der Waals surface area contributed by atoms with Gasteiger partial charge >= 0.3 is 0 Å². The molecule has 0 unspecified atom stereocenters. The van der Waals surface area contributed by atoms with Crippen LogP contribution in [0.2, 0.25) is 0 Å². The fourth-order valence-corrected chi connectivity index (χ4v) is 5.79. The van der Waals surface area contributed by atoms with Crippen molar-refractivity contribution in [2.24, 2.45) is 0 Å². The second-order valence-corrected chi connectivity index (χ2v) is 10.7. The first-order chi connectivity index (χ1) is 13.4. The topological polar surface area (TPSA) is 53.5 Å². The molecule has 0 spiro atoms. The zero-order chi connectivity index (χ0) is 19.7. The molecule has 0 N–H and O–H groups in total. The van der Waals surface area contributed by atoms with Gasteiger partial charge in [0.25, 0.3) is 0 Å². The van der Waals surface area contributed by atoms with E-state index in [1.807, 2.05) is 29.5 Å². The molecule has 1 fully saturated rings. The lowest BCUT2D eigenvalue weighted by molar-refractivity contribution is 0.204. The fourth-order valence-electron chi connectivity index (χ4n) is 3.68. The summed E-state index contributed by atoms with van der Waals surface area (Å²) in [6, 6.07) is 15.6. The number of thiazole rings is 1. The van der Waals surface area contributed by atoms with Gasteiger partial charge in [-0.3, -0.25) is 4.90 Å². The Morgan fingerprint density at radius 1 is 1.11 bits per heavy atom. The smallest absolute Gasteiger partial charge is 0.242 e. The molecule has 0 radical (unpaired) electrons. The average Bonchev–Trinajstić information content (AvgIpc) is 3.13. The fraction of sp³-hybridized carbons (Fsp3) is 0.381. The first kappa shape index (κ1) is 19.5. The Bertz CT molecular complexity index is 1030. The highest BCUT2D eigenvalue weighted by atomic mass is 32.2. The van der Waals surface area contributed by atoms with Crippen LogP contribution in [0.1, 0.15) is 29.3 Å². The first-order valence-electron chi connectivity index (χ1n) is 9.53. The number of rotatable bonds is 5. The third-order valence-electron chi connectivity index (χ3n) is 5.33. The maximum absolute atomic E-state index is 12.4. The van der Waals surface area contributed by atoms with Gasteiger partial charge in [-0.05, 0) is 55.8 Å². The Morgan fingerprint density at radius 2 is 1.86 bits per heavy atom. The second-order valence-electron chi connectivity index (χ2n) is 7.51. The van der Waals surface area contributed by atoms with Gasteiger partial charge in [0.05, 0.1) is 20.1 Å². The van der Waals surface area contributed by atoms with E-state index in [0.29, 0.717) is 10.8 Å². The molecule has 0 aliphatic carbocycles. The van der Waals surface area contributed by atoms with E-state index in [0.717, 1.165) is 43.6 Å². The molecule has 1 aromatic heterocycles. The zero-order valence-electron chi connectivity index (χ0n) is 16.2. The molecule has 2 heterocycles. The molecule has 5 nitrogen and oxygen atoms in total. The molecule has 0 bridgehead atoms. The Morgan fingerprint density at radius 3 is 2.57 bits per heavy atom. The summed E-state index contributed by atoms with van der Waals surface area (Å²) in [5, 5.41) is 1.25. The van der Waals surface area contributed by atoms with Gasteiger partial charge < -0.3 is 0 Å². The molecule has 1 saturated heterocycles. The molecule has 3 aromatic rings. The molecule has 28 heavy (non-hydrogen) atoms. The largest absolute Gasteiger partial charge is 0.299 e. The summed E-state index contributed by atoms with van der Waals surface area (Å²) in [5.74, 6) is 0.522. The number of hydrogen-bond acceptors (Lipinski definition) is 5. The molecule has 148 valence electrons. The quantitative estimate of drug-likeness (QED) is 0.634. The van der Waals surface area contributed by atoms with E-state index in [9.17, 15) is 8.42 Å². The van der Waals surface area contributed by atoms with Crippen molar-refractivity contribution in [2.45, 2.75) is 30.2 Å². The third-order valence-corrected chi connectivity index (χ3v) is 8.34. The van der Waals surface area contributed by atoms with Crippen LogP contribution in [-0.4, -0.2) is 49.8 Å². The van der Waals surface area contributed by atoms with Crippen LogP contribution in [0.3, 0.4) is 0 Å². The predicted molar refractivity (Wildman–Crippen MR) is 114 cm³/mol. The third kappa shape index (κ3) is 3.98. The summed E-state index contributed by atoms with van der Waals surface area (Å²) >= 11 is 1.82. The van der Waals surface area contributed by atoms with Gasteiger partial charge in [0.15, 0.2) is 0 Å². The Balaban J connectivity index is 1.41.